The van der Waals surface area contributed by atoms with E-state index in [4.69, 9.17) is 16.3 Å². The van der Waals surface area contributed by atoms with Gasteiger partial charge in [0.15, 0.2) is 0 Å². The number of ether oxygens (including phenoxy) is 1. The van der Waals surface area contributed by atoms with Crippen molar-refractivity contribution in [1.29, 1.82) is 0 Å². The zero-order chi connectivity index (χ0) is 12.8. The number of methoxy groups -OCH3 is 1. The van der Waals surface area contributed by atoms with Gasteiger partial charge in [0.25, 0.3) is 0 Å². The number of halogens is 1. The number of hydrogen-bond acceptors (Lipinski definition) is 3. The first kappa shape index (κ1) is 14.3. The molecular weight excluding hydrogens is 236 g/mol. The molecule has 1 N–H and O–H groups in total. The molecule has 1 rings (SSSR count). The van der Waals surface area contributed by atoms with Crippen molar-refractivity contribution in [1.82, 2.24) is 10.3 Å². The van der Waals surface area contributed by atoms with E-state index in [1.807, 2.05) is 19.1 Å². The summed E-state index contributed by atoms with van der Waals surface area (Å²) in [4.78, 5) is 4.46. The SMILES string of the molecule is COc1cc(C)nc(CNC(C)C(C)CCl)c1. The molecule has 4 heteroatoms. The molecule has 0 bridgehead atoms. The number of pyridine rings is 1. The molecule has 0 aliphatic rings. The average molecular weight is 257 g/mol. The van der Waals surface area contributed by atoms with Gasteiger partial charge in [0.1, 0.15) is 5.75 Å². The fourth-order valence-corrected chi connectivity index (χ4v) is 1.78. The van der Waals surface area contributed by atoms with Gasteiger partial charge in [-0.1, -0.05) is 6.92 Å². The minimum absolute atomic E-state index is 0.376. The standard InChI is InChI=1S/C13H21ClN2O/c1-9(7-14)11(3)15-8-12-6-13(17-4)5-10(2)16-12/h5-6,9,11,15H,7-8H2,1-4H3. The molecule has 0 aromatic carbocycles. The summed E-state index contributed by atoms with van der Waals surface area (Å²) in [6.45, 7) is 6.98. The van der Waals surface area contributed by atoms with Crippen LogP contribution in [0.4, 0.5) is 0 Å². The Kier molecular flexibility index (Phi) is 5.72. The van der Waals surface area contributed by atoms with Crippen LogP contribution in [0.25, 0.3) is 0 Å². The van der Waals surface area contributed by atoms with Gasteiger partial charge in [0.05, 0.1) is 12.8 Å². The lowest BCUT2D eigenvalue weighted by Gasteiger charge is -2.19. The molecule has 0 saturated heterocycles. The maximum absolute atomic E-state index is 5.83. The summed E-state index contributed by atoms with van der Waals surface area (Å²) in [5.41, 5.74) is 1.97. The highest BCUT2D eigenvalue weighted by Gasteiger charge is 2.10. The van der Waals surface area contributed by atoms with Crippen LogP contribution in [0.2, 0.25) is 0 Å². The monoisotopic (exact) mass is 256 g/mol. The van der Waals surface area contributed by atoms with Gasteiger partial charge in [-0.15, -0.1) is 11.6 Å². The molecule has 1 aromatic rings. The molecule has 0 radical (unpaired) electrons. The smallest absolute Gasteiger partial charge is 0.122 e. The van der Waals surface area contributed by atoms with Crippen molar-refractivity contribution >= 4 is 11.6 Å². The maximum Gasteiger partial charge on any atom is 0.122 e. The number of hydrogen-bond donors (Lipinski definition) is 1. The van der Waals surface area contributed by atoms with Crippen LogP contribution in [0.5, 0.6) is 5.75 Å². The highest BCUT2D eigenvalue weighted by Crippen LogP contribution is 2.13. The van der Waals surface area contributed by atoms with Crippen molar-refractivity contribution in [3.05, 3.63) is 23.5 Å². The van der Waals surface area contributed by atoms with Crippen molar-refractivity contribution in [3.8, 4) is 5.75 Å². The second-order valence-electron chi connectivity index (χ2n) is 4.44. The van der Waals surface area contributed by atoms with Crippen LogP contribution in [0.3, 0.4) is 0 Å². The number of nitrogens with one attached hydrogen (secondary N) is 1. The van der Waals surface area contributed by atoms with Gasteiger partial charge in [-0.3, -0.25) is 4.98 Å². The van der Waals surface area contributed by atoms with Gasteiger partial charge in [0.2, 0.25) is 0 Å². The summed E-state index contributed by atoms with van der Waals surface area (Å²) in [7, 11) is 1.67. The number of alkyl halides is 1. The summed E-state index contributed by atoms with van der Waals surface area (Å²) < 4.78 is 5.22. The van der Waals surface area contributed by atoms with E-state index in [9.17, 15) is 0 Å². The first-order chi connectivity index (χ1) is 8.06. The Morgan fingerprint density at radius 2 is 2.12 bits per heavy atom. The zero-order valence-electron chi connectivity index (χ0n) is 11.0. The highest BCUT2D eigenvalue weighted by molar-refractivity contribution is 6.18. The average Bonchev–Trinajstić information content (AvgIpc) is 2.34. The fourth-order valence-electron chi connectivity index (χ4n) is 1.51. The molecule has 2 atom stereocenters. The Morgan fingerprint density at radius 3 is 2.71 bits per heavy atom. The first-order valence-electron chi connectivity index (χ1n) is 5.87. The molecule has 1 aromatic heterocycles. The molecule has 3 nitrogen and oxygen atoms in total. The van der Waals surface area contributed by atoms with E-state index in [-0.39, 0.29) is 0 Å². The number of rotatable bonds is 6. The molecule has 17 heavy (non-hydrogen) atoms. The van der Waals surface area contributed by atoms with E-state index >= 15 is 0 Å². The maximum atomic E-state index is 5.83. The normalized spacial score (nSPS) is 14.4. The molecule has 96 valence electrons. The second-order valence-corrected chi connectivity index (χ2v) is 4.75. The van der Waals surface area contributed by atoms with Crippen LogP contribution in [0.15, 0.2) is 12.1 Å². The van der Waals surface area contributed by atoms with E-state index in [0.29, 0.717) is 17.8 Å². The third kappa shape index (κ3) is 4.52. The Balaban J connectivity index is 2.59. The lowest BCUT2D eigenvalue weighted by Crippen LogP contribution is -2.32. The van der Waals surface area contributed by atoms with E-state index in [0.717, 1.165) is 23.7 Å². The molecule has 0 aliphatic heterocycles. The van der Waals surface area contributed by atoms with Crippen LogP contribution < -0.4 is 10.1 Å². The molecule has 2 unspecified atom stereocenters. The minimum Gasteiger partial charge on any atom is -0.497 e. The molecule has 0 saturated carbocycles. The van der Waals surface area contributed by atoms with Crippen molar-refractivity contribution in [2.45, 2.75) is 33.4 Å². The van der Waals surface area contributed by atoms with E-state index in [1.165, 1.54) is 0 Å². The quantitative estimate of drug-likeness (QED) is 0.795. The third-order valence-corrected chi connectivity index (χ3v) is 3.40. The molecule has 0 aliphatic carbocycles. The number of nitrogens with zero attached hydrogens (tertiary/aromatic N) is 1. The van der Waals surface area contributed by atoms with Crippen molar-refractivity contribution in [3.63, 3.8) is 0 Å². The van der Waals surface area contributed by atoms with Gasteiger partial charge < -0.3 is 10.1 Å². The molecule has 1 heterocycles. The lowest BCUT2D eigenvalue weighted by atomic mass is 10.1. The minimum atomic E-state index is 0.376. The fraction of sp³-hybridized carbons (Fsp3) is 0.615. The number of aromatic nitrogens is 1. The van der Waals surface area contributed by atoms with Gasteiger partial charge in [-0.2, -0.15) is 0 Å². The van der Waals surface area contributed by atoms with Gasteiger partial charge in [-0.25, -0.2) is 0 Å². The predicted octanol–water partition coefficient (Wildman–Crippen LogP) is 2.75. The summed E-state index contributed by atoms with van der Waals surface area (Å²) in [5.74, 6) is 1.97. The molecular formula is C13H21ClN2O. The zero-order valence-corrected chi connectivity index (χ0v) is 11.7. The topological polar surface area (TPSA) is 34.1 Å². The summed E-state index contributed by atoms with van der Waals surface area (Å²) in [6, 6.07) is 4.26. The van der Waals surface area contributed by atoms with Crippen LogP contribution in [-0.2, 0) is 6.54 Å². The molecule has 0 fully saturated rings. The van der Waals surface area contributed by atoms with Crippen LogP contribution in [-0.4, -0.2) is 24.0 Å². The highest BCUT2D eigenvalue weighted by atomic mass is 35.5. The lowest BCUT2D eigenvalue weighted by molar-refractivity contribution is 0.409. The van der Waals surface area contributed by atoms with E-state index in [2.05, 4.69) is 24.1 Å². The van der Waals surface area contributed by atoms with E-state index < -0.39 is 0 Å². The Bertz CT molecular complexity index is 357. The van der Waals surface area contributed by atoms with Crippen molar-refractivity contribution < 1.29 is 4.74 Å². The van der Waals surface area contributed by atoms with Crippen LogP contribution >= 0.6 is 11.6 Å². The summed E-state index contributed by atoms with van der Waals surface area (Å²) >= 11 is 5.83. The van der Waals surface area contributed by atoms with Crippen molar-refractivity contribution in [2.75, 3.05) is 13.0 Å². The van der Waals surface area contributed by atoms with Crippen LogP contribution in [0, 0.1) is 12.8 Å². The molecule has 0 spiro atoms. The van der Waals surface area contributed by atoms with Gasteiger partial charge in [-0.05, 0) is 19.8 Å². The largest absolute Gasteiger partial charge is 0.497 e. The summed E-state index contributed by atoms with van der Waals surface area (Å²) in [6.07, 6.45) is 0. The van der Waals surface area contributed by atoms with E-state index in [1.54, 1.807) is 7.11 Å². The Morgan fingerprint density at radius 1 is 1.41 bits per heavy atom. The Hall–Kier alpha value is -0.800. The Labute approximate surface area is 109 Å². The van der Waals surface area contributed by atoms with Gasteiger partial charge in [0, 0.05) is 36.3 Å². The number of aryl methyl sites for hydroxylation is 1. The predicted molar refractivity (Wildman–Crippen MR) is 71.7 cm³/mol. The van der Waals surface area contributed by atoms with Crippen molar-refractivity contribution in [2.24, 2.45) is 5.92 Å². The first-order valence-corrected chi connectivity index (χ1v) is 6.41. The third-order valence-electron chi connectivity index (χ3n) is 2.92. The van der Waals surface area contributed by atoms with Crippen LogP contribution in [0.1, 0.15) is 25.2 Å². The molecule has 0 amide bonds. The summed E-state index contributed by atoms with van der Waals surface area (Å²) in [5, 5.41) is 3.43. The second kappa shape index (κ2) is 6.82. The van der Waals surface area contributed by atoms with Gasteiger partial charge >= 0.3 is 0 Å².